The Hall–Kier alpha value is -11.3. The first-order valence-corrected chi connectivity index (χ1v) is 39.7. The topological polar surface area (TPSA) is 246 Å². The minimum atomic E-state index is -3.98. The number of aromatic nitrogens is 6. The molecule has 2 atom stereocenters. The summed E-state index contributed by atoms with van der Waals surface area (Å²) in [6.07, 6.45) is 10.1. The summed E-state index contributed by atoms with van der Waals surface area (Å²) in [6, 6.07) is 50.2. The number of nitrogens with zero attached hydrogens (tertiary/aromatic N) is 7. The van der Waals surface area contributed by atoms with Gasteiger partial charge in [-0.15, -0.1) is 0 Å². The molecule has 2 fully saturated rings. The van der Waals surface area contributed by atoms with Crippen LogP contribution in [0.15, 0.2) is 258 Å². The standard InChI is InChI=1S/C29H29ClF3N3O3.C15H12F3NO2.C15H12FNO3.C13H8F3NO2.C11H7BrFN.C5H3BrIN/c30-23-15-19(5-12-26(23)39-22-9-10-22)27(37)25(17-36-13-1-2-14-36)35-28(38)29(32,33)20-6-11-24(34-16-20)18-3-7-21(31)8-4-18;1-2-21-14(20)15(17,18)11-5-8-13(19-9-11)10-3-6-12(16)7-4-10;1-2-20-15(19)14(18)11-5-8-13(17-9-11)10-3-6-12(16)7-4-10;14-10-4-1-8(2-5-10)11-6-3-9(7-17-11)13(15,16)12(18)19;12-9-3-6-11(14-7-9)8-1-4-10(13)5-2-8;6-4-1-2-5(7)8-3-4/h3-8,11-12,15-16,22,25,27,37H,1-2,9-10,13-14,17H2,(H,35,38);3-9H,2H2,1H3;3-9H,2H2,1H3;1-7H,(H,18,19);1-7H;1-3H/t25-,27-;;;;;/m1...../s1. The summed E-state index contributed by atoms with van der Waals surface area (Å²) >= 11 is 15.1. The molecule has 1 aliphatic heterocycles. The number of alkyl halides is 6. The molecule has 3 N–H and O–H groups in total. The number of aliphatic hydroxyl groups excluding tert-OH is 1. The Morgan fingerprint density at radius 2 is 0.876 bits per heavy atom. The van der Waals surface area contributed by atoms with Gasteiger partial charge in [0.15, 0.2) is 0 Å². The van der Waals surface area contributed by atoms with Crippen LogP contribution in [0, 0.1) is 32.8 Å². The quantitative estimate of drug-likeness (QED) is 0.0143. The van der Waals surface area contributed by atoms with Gasteiger partial charge in [-0.05, 0) is 319 Å². The highest BCUT2D eigenvalue weighted by molar-refractivity contribution is 14.1. The lowest BCUT2D eigenvalue weighted by Crippen LogP contribution is -2.51. The number of aliphatic carboxylic acids is 1. The van der Waals surface area contributed by atoms with E-state index in [0.717, 1.165) is 105 Å². The lowest BCUT2D eigenvalue weighted by Gasteiger charge is -2.30. The number of esters is 2. The minimum Gasteiger partial charge on any atom is -0.489 e. The predicted octanol–water partition coefficient (Wildman–Crippen LogP) is 20.8. The zero-order valence-electron chi connectivity index (χ0n) is 63.7. The molecule has 33 heteroatoms. The number of nitrogens with one attached hydrogen (secondary N) is 1. The van der Waals surface area contributed by atoms with Crippen LogP contribution < -0.4 is 10.1 Å². The second kappa shape index (κ2) is 44.3. The first kappa shape index (κ1) is 93.6. The molecule has 1 saturated heterocycles. The Balaban J connectivity index is 0.000000175. The van der Waals surface area contributed by atoms with Gasteiger partial charge in [0, 0.05) is 91.6 Å². The molecule has 0 bridgehead atoms. The molecule has 1 aliphatic carbocycles. The number of rotatable bonds is 22. The molecule has 2 aliphatic rings. The summed E-state index contributed by atoms with van der Waals surface area (Å²) in [4.78, 5) is 83.5. The van der Waals surface area contributed by atoms with Crippen molar-refractivity contribution < 1.29 is 96.7 Å². The second-order valence-electron chi connectivity index (χ2n) is 26.3. The van der Waals surface area contributed by atoms with Crippen molar-refractivity contribution in [3.63, 3.8) is 0 Å². The molecule has 1 saturated carbocycles. The van der Waals surface area contributed by atoms with Crippen LogP contribution in [0.25, 0.3) is 56.3 Å². The van der Waals surface area contributed by atoms with Crippen LogP contribution >= 0.6 is 66.1 Å². The fourth-order valence-electron chi connectivity index (χ4n) is 11.0. The van der Waals surface area contributed by atoms with E-state index >= 15 is 8.78 Å². The van der Waals surface area contributed by atoms with Crippen molar-refractivity contribution in [1.82, 2.24) is 40.1 Å². The SMILES string of the molecule is Brc1ccc(I)nc1.CCOC(=O)C(=O)c1ccc(-c2ccc(F)cc2)nc1.CCOC(=O)C(F)(F)c1ccc(-c2ccc(F)cc2)nc1.Fc1ccc(-c2ccc(Br)cn2)cc1.O=C(N[C@H](CN1CCCC1)[C@H](O)c1ccc(OC2CC2)c(Cl)c1)C(F)(F)c1ccc(-c2ccc(F)cc2)nc1.O=C(O)C(F)(F)c1ccc(-c2ccc(F)cc2)nc1. The van der Waals surface area contributed by atoms with Gasteiger partial charge in [-0.3, -0.25) is 34.5 Å². The smallest absolute Gasteiger partial charge is 0.382 e. The summed E-state index contributed by atoms with van der Waals surface area (Å²) in [5.74, 6) is -19.9. The third kappa shape index (κ3) is 27.6. The average molecular weight is 1930 g/mol. The summed E-state index contributed by atoms with van der Waals surface area (Å²) in [5, 5.41) is 22.3. The van der Waals surface area contributed by atoms with Crippen LogP contribution in [0.1, 0.15) is 78.2 Å². The largest absolute Gasteiger partial charge is 0.489 e. The summed E-state index contributed by atoms with van der Waals surface area (Å²) in [6.45, 7) is 4.78. The molecule has 0 spiro atoms. The van der Waals surface area contributed by atoms with Crippen LogP contribution in [-0.2, 0) is 46.4 Å². The molecule has 12 aromatic rings. The lowest BCUT2D eigenvalue weighted by atomic mass is 10.00. The fraction of sp³-hybridized carbons (Fsp3) is 0.193. The van der Waals surface area contributed by atoms with Gasteiger partial charge in [0.1, 0.15) is 44.6 Å². The van der Waals surface area contributed by atoms with Crippen LogP contribution in [-0.4, -0.2) is 120 Å². The molecular formula is C88H71Br2ClF11IN8O10. The zero-order chi connectivity index (χ0) is 87.6. The molecule has 0 radical (unpaired) electrons. The third-order valence-corrected chi connectivity index (χ3v) is 19.4. The van der Waals surface area contributed by atoms with E-state index in [9.17, 15) is 68.6 Å². The molecule has 1 amide bonds. The monoisotopic (exact) mass is 1930 g/mol. The van der Waals surface area contributed by atoms with Crippen molar-refractivity contribution >= 4 is 95.7 Å². The molecule has 7 heterocycles. The van der Waals surface area contributed by atoms with Crippen molar-refractivity contribution in [1.29, 1.82) is 0 Å². The van der Waals surface area contributed by atoms with Crippen molar-refractivity contribution in [3.8, 4) is 62.0 Å². The number of halogens is 15. The van der Waals surface area contributed by atoms with Crippen LogP contribution in [0.5, 0.6) is 5.75 Å². The number of ether oxygens (including phenoxy) is 3. The molecule has 14 rings (SSSR count). The Kier molecular flexibility index (Phi) is 34.3. The predicted molar refractivity (Wildman–Crippen MR) is 445 cm³/mol. The number of carboxylic acids is 1. The normalized spacial score (nSPS) is 12.8. The summed E-state index contributed by atoms with van der Waals surface area (Å²) in [7, 11) is 0. The number of Topliss-reactive ketones (excluding diaryl/α,β-unsaturated/α-hetero) is 1. The summed E-state index contributed by atoms with van der Waals surface area (Å²) in [5.41, 5.74) is 4.58. The van der Waals surface area contributed by atoms with E-state index < -0.39 is 93.7 Å². The van der Waals surface area contributed by atoms with Gasteiger partial charge in [0.25, 0.3) is 11.7 Å². The maximum absolute atomic E-state index is 15.3. The fourth-order valence-corrected chi connectivity index (χ4v) is 12.0. The number of carboxylic acid groups (broad SMARTS) is 1. The number of aliphatic hydroxyl groups is 1. The van der Waals surface area contributed by atoms with E-state index in [1.165, 1.54) is 134 Å². The maximum atomic E-state index is 15.3. The van der Waals surface area contributed by atoms with Gasteiger partial charge < -0.3 is 34.6 Å². The second-order valence-corrected chi connectivity index (χ2v) is 29.6. The van der Waals surface area contributed by atoms with Crippen LogP contribution in [0.3, 0.4) is 0 Å². The van der Waals surface area contributed by atoms with Gasteiger partial charge in [-0.25, -0.2) is 41.3 Å². The van der Waals surface area contributed by atoms with E-state index in [1.807, 2.05) is 29.2 Å². The minimum absolute atomic E-state index is 0.129. The summed E-state index contributed by atoms with van der Waals surface area (Å²) < 4.78 is 166. The number of ketones is 1. The maximum Gasteiger partial charge on any atom is 0.382 e. The third-order valence-electron chi connectivity index (χ3n) is 17.5. The van der Waals surface area contributed by atoms with Crippen molar-refractivity contribution in [2.75, 3.05) is 32.8 Å². The first-order valence-electron chi connectivity index (χ1n) is 36.7. The van der Waals surface area contributed by atoms with E-state index in [-0.39, 0.29) is 43.1 Å². The molecular weight excluding hydrogens is 1860 g/mol. The number of amides is 1. The number of likely N-dealkylation sites (tertiary alicyclic amines) is 1. The molecule has 6 aromatic carbocycles. The van der Waals surface area contributed by atoms with E-state index in [1.54, 1.807) is 67.8 Å². The van der Waals surface area contributed by atoms with Gasteiger partial charge in [0.2, 0.25) is 0 Å². The Labute approximate surface area is 722 Å². The van der Waals surface area contributed by atoms with E-state index in [4.69, 9.17) is 21.4 Å². The molecule has 6 aromatic heterocycles. The Morgan fingerprint density at radius 3 is 1.21 bits per heavy atom. The van der Waals surface area contributed by atoms with Gasteiger partial charge in [0.05, 0.1) is 70.0 Å². The highest BCUT2D eigenvalue weighted by atomic mass is 127. The average Bonchev–Trinajstić information content (AvgIpc) is 1.80. The van der Waals surface area contributed by atoms with Gasteiger partial charge in [-0.1, -0.05) is 17.7 Å². The molecule has 18 nitrogen and oxygen atoms in total. The van der Waals surface area contributed by atoms with Crippen molar-refractivity contribution in [2.24, 2.45) is 0 Å². The molecule has 628 valence electrons. The number of pyridine rings is 6. The van der Waals surface area contributed by atoms with Crippen LogP contribution in [0.4, 0.5) is 48.3 Å². The number of benzene rings is 6. The van der Waals surface area contributed by atoms with E-state index in [2.05, 4.69) is 99.1 Å². The Morgan fingerprint density at radius 1 is 0.496 bits per heavy atom. The Bertz CT molecular complexity index is 5340. The van der Waals surface area contributed by atoms with E-state index in [0.29, 0.717) is 55.8 Å². The molecule has 0 unspecified atom stereocenters. The van der Waals surface area contributed by atoms with Crippen molar-refractivity contribution in [3.05, 3.63) is 324 Å². The number of hydrogen-bond acceptors (Lipinski definition) is 16. The number of carbonyl (C=O) groups is 5. The van der Waals surface area contributed by atoms with Crippen molar-refractivity contribution in [2.45, 2.75) is 75.5 Å². The first-order chi connectivity index (χ1) is 57.7. The van der Waals surface area contributed by atoms with Gasteiger partial charge >= 0.3 is 35.7 Å². The lowest BCUT2D eigenvalue weighted by molar-refractivity contribution is -0.173. The highest BCUT2D eigenvalue weighted by Crippen LogP contribution is 2.37. The van der Waals surface area contributed by atoms with Gasteiger partial charge in [-0.2, -0.15) is 26.3 Å². The highest BCUT2D eigenvalue weighted by Gasteiger charge is 2.45. The number of hydrogen-bond donors (Lipinski definition) is 3. The zero-order valence-corrected chi connectivity index (χ0v) is 69.8. The molecule has 121 heavy (non-hydrogen) atoms. The van der Waals surface area contributed by atoms with Crippen LogP contribution in [0.2, 0.25) is 5.02 Å². The number of carbonyl (C=O) groups excluding carboxylic acids is 4.